The Labute approximate surface area is 44.2 Å². The zero-order chi connectivity index (χ0) is 5.91. The molecule has 0 aromatic heterocycles. The van der Waals surface area contributed by atoms with Crippen molar-refractivity contribution in [2.24, 2.45) is 0 Å². The van der Waals surface area contributed by atoms with Crippen molar-refractivity contribution >= 4 is 9.24 Å². The van der Waals surface area contributed by atoms with E-state index >= 15 is 0 Å². The van der Waals surface area contributed by atoms with Crippen LogP contribution < -0.4 is 0 Å². The average molecular weight is 124 g/mol. The molecule has 0 saturated carbocycles. The van der Waals surface area contributed by atoms with E-state index in [2.05, 4.69) is 9.24 Å². The molecular formula is C3H9O3P. The van der Waals surface area contributed by atoms with Crippen molar-refractivity contribution in [2.75, 3.05) is 6.16 Å². The summed E-state index contributed by atoms with van der Waals surface area (Å²) in [5, 5.41) is 24.3. The van der Waals surface area contributed by atoms with Crippen molar-refractivity contribution in [3.05, 3.63) is 0 Å². The van der Waals surface area contributed by atoms with Crippen LogP contribution in [0.1, 0.15) is 6.42 Å². The Morgan fingerprint density at radius 1 is 1.29 bits per heavy atom. The van der Waals surface area contributed by atoms with Gasteiger partial charge in [0.2, 0.25) is 0 Å². The van der Waals surface area contributed by atoms with Gasteiger partial charge in [0.05, 0.1) is 0 Å². The summed E-state index contributed by atoms with van der Waals surface area (Å²) in [5.74, 6) is -2.47. The highest BCUT2D eigenvalue weighted by molar-refractivity contribution is 7.16. The normalized spacial score (nSPS) is 12.0. The molecular weight excluding hydrogens is 115 g/mol. The van der Waals surface area contributed by atoms with E-state index in [1.807, 2.05) is 0 Å². The quantitative estimate of drug-likeness (QED) is 0.323. The number of rotatable bonds is 2. The van der Waals surface area contributed by atoms with Crippen LogP contribution in [0.4, 0.5) is 0 Å². The van der Waals surface area contributed by atoms with Crippen LogP contribution in [0.25, 0.3) is 0 Å². The maximum atomic E-state index is 8.12. The lowest BCUT2D eigenvalue weighted by molar-refractivity contribution is -0.311. The summed E-state index contributed by atoms with van der Waals surface area (Å²) in [6.07, 6.45) is 0.446. The summed E-state index contributed by atoms with van der Waals surface area (Å²) in [6, 6.07) is 0. The zero-order valence-electron chi connectivity index (χ0n) is 3.83. The minimum absolute atomic E-state index is 0.0301. The van der Waals surface area contributed by atoms with Crippen LogP contribution in [0.5, 0.6) is 0 Å². The molecule has 0 amide bonds. The van der Waals surface area contributed by atoms with Gasteiger partial charge in [-0.1, -0.05) is 0 Å². The first-order valence-electron chi connectivity index (χ1n) is 1.93. The van der Waals surface area contributed by atoms with E-state index in [9.17, 15) is 0 Å². The van der Waals surface area contributed by atoms with Crippen LogP contribution in [0.3, 0.4) is 0 Å². The number of aliphatic hydroxyl groups is 3. The summed E-state index contributed by atoms with van der Waals surface area (Å²) >= 11 is 0. The van der Waals surface area contributed by atoms with Gasteiger partial charge in [-0.15, -0.1) is 9.24 Å². The second-order valence-corrected chi connectivity index (χ2v) is 1.89. The van der Waals surface area contributed by atoms with E-state index in [0.717, 1.165) is 0 Å². The third kappa shape index (κ3) is 6.31. The SMILES string of the molecule is OC(O)(O)CCP. The molecule has 0 aromatic carbocycles. The first-order valence-corrected chi connectivity index (χ1v) is 2.75. The van der Waals surface area contributed by atoms with Crippen LogP contribution in [0.2, 0.25) is 0 Å². The lowest BCUT2D eigenvalue weighted by atomic mass is 10.4. The van der Waals surface area contributed by atoms with Crippen molar-refractivity contribution in [1.82, 2.24) is 0 Å². The zero-order valence-corrected chi connectivity index (χ0v) is 4.99. The summed E-state index contributed by atoms with van der Waals surface area (Å²) in [5.41, 5.74) is 0. The van der Waals surface area contributed by atoms with Crippen LogP contribution >= 0.6 is 9.24 Å². The molecule has 0 fully saturated rings. The Kier molecular flexibility index (Phi) is 2.69. The molecule has 3 N–H and O–H groups in total. The third-order valence-corrected chi connectivity index (χ3v) is 0.768. The minimum atomic E-state index is -2.47. The van der Waals surface area contributed by atoms with Gasteiger partial charge in [-0.05, 0) is 6.16 Å². The van der Waals surface area contributed by atoms with E-state index in [1.54, 1.807) is 0 Å². The van der Waals surface area contributed by atoms with Crippen molar-refractivity contribution in [1.29, 1.82) is 0 Å². The molecule has 0 bridgehead atoms. The van der Waals surface area contributed by atoms with Gasteiger partial charge in [0.1, 0.15) is 0 Å². The van der Waals surface area contributed by atoms with Crippen LogP contribution in [-0.2, 0) is 0 Å². The molecule has 0 spiro atoms. The molecule has 1 atom stereocenters. The average Bonchev–Trinajstić information content (AvgIpc) is 1.30. The maximum absolute atomic E-state index is 8.12. The summed E-state index contributed by atoms with van der Waals surface area (Å²) in [4.78, 5) is 0. The van der Waals surface area contributed by atoms with E-state index in [-0.39, 0.29) is 6.42 Å². The third-order valence-electron chi connectivity index (χ3n) is 0.480. The van der Waals surface area contributed by atoms with Crippen LogP contribution in [0, 0.1) is 0 Å². The Bertz CT molecular complexity index is 48.6. The van der Waals surface area contributed by atoms with Gasteiger partial charge in [-0.25, -0.2) is 0 Å². The molecule has 0 saturated heterocycles. The molecule has 0 aliphatic heterocycles. The molecule has 1 unspecified atom stereocenters. The Morgan fingerprint density at radius 3 is 1.71 bits per heavy atom. The van der Waals surface area contributed by atoms with E-state index in [0.29, 0.717) is 6.16 Å². The Balaban J connectivity index is 3.15. The van der Waals surface area contributed by atoms with Gasteiger partial charge in [0.25, 0.3) is 5.97 Å². The van der Waals surface area contributed by atoms with Crippen LogP contribution in [-0.4, -0.2) is 27.5 Å². The minimum Gasteiger partial charge on any atom is -0.344 e. The van der Waals surface area contributed by atoms with Crippen LogP contribution in [0.15, 0.2) is 0 Å². The van der Waals surface area contributed by atoms with Gasteiger partial charge in [-0.3, -0.25) is 0 Å². The smallest absolute Gasteiger partial charge is 0.275 e. The highest BCUT2D eigenvalue weighted by Crippen LogP contribution is 2.01. The molecule has 3 nitrogen and oxygen atoms in total. The number of hydrogen-bond acceptors (Lipinski definition) is 3. The Morgan fingerprint density at radius 2 is 1.71 bits per heavy atom. The lowest BCUT2D eigenvalue weighted by Gasteiger charge is -2.10. The van der Waals surface area contributed by atoms with Crippen molar-refractivity contribution in [3.63, 3.8) is 0 Å². The van der Waals surface area contributed by atoms with E-state index in [1.165, 1.54) is 0 Å². The molecule has 0 aliphatic rings. The van der Waals surface area contributed by atoms with Gasteiger partial charge < -0.3 is 15.3 Å². The molecule has 0 radical (unpaired) electrons. The van der Waals surface area contributed by atoms with E-state index in [4.69, 9.17) is 15.3 Å². The monoisotopic (exact) mass is 124 g/mol. The van der Waals surface area contributed by atoms with Gasteiger partial charge in [-0.2, -0.15) is 0 Å². The number of hydrogen-bond donors (Lipinski definition) is 3. The summed E-state index contributed by atoms with van der Waals surface area (Å²) in [6.45, 7) is 0. The fourth-order valence-corrected chi connectivity index (χ4v) is 0.581. The standard InChI is InChI=1S/C3H9O3P/c4-3(5,6)1-2-7/h4-6H,1-2,7H2. The predicted octanol–water partition coefficient (Wildman–Crippen LogP) is -1.12. The lowest BCUT2D eigenvalue weighted by Crippen LogP contribution is -2.27. The van der Waals surface area contributed by atoms with Gasteiger partial charge in [0, 0.05) is 6.42 Å². The molecule has 0 rings (SSSR count). The largest absolute Gasteiger partial charge is 0.344 e. The fourth-order valence-electron chi connectivity index (χ4n) is 0.194. The summed E-state index contributed by atoms with van der Waals surface area (Å²) < 4.78 is 0. The summed E-state index contributed by atoms with van der Waals surface area (Å²) in [7, 11) is 2.26. The van der Waals surface area contributed by atoms with Crippen molar-refractivity contribution < 1.29 is 15.3 Å². The van der Waals surface area contributed by atoms with Gasteiger partial charge in [0.15, 0.2) is 0 Å². The fraction of sp³-hybridized carbons (Fsp3) is 1.00. The predicted molar refractivity (Wildman–Crippen MR) is 28.6 cm³/mol. The van der Waals surface area contributed by atoms with Crippen molar-refractivity contribution in [3.8, 4) is 0 Å². The highest BCUT2D eigenvalue weighted by atomic mass is 31.0. The Hall–Kier alpha value is 0.310. The molecule has 0 aliphatic carbocycles. The first-order chi connectivity index (χ1) is 3.06. The van der Waals surface area contributed by atoms with Crippen molar-refractivity contribution in [2.45, 2.75) is 12.4 Å². The molecule has 0 aromatic rings. The highest BCUT2D eigenvalue weighted by Gasteiger charge is 2.14. The van der Waals surface area contributed by atoms with Gasteiger partial charge >= 0.3 is 0 Å². The first kappa shape index (κ1) is 7.31. The molecule has 0 heterocycles. The molecule has 4 heteroatoms. The molecule has 44 valence electrons. The van der Waals surface area contributed by atoms with E-state index < -0.39 is 5.97 Å². The maximum Gasteiger partial charge on any atom is 0.275 e. The molecule has 7 heavy (non-hydrogen) atoms. The topological polar surface area (TPSA) is 60.7 Å². The second-order valence-electron chi connectivity index (χ2n) is 1.31. The second kappa shape index (κ2) is 2.58.